The zero-order chi connectivity index (χ0) is 16.4. The van der Waals surface area contributed by atoms with Gasteiger partial charge in [0, 0.05) is 31.7 Å². The first-order valence-electron chi connectivity index (χ1n) is 7.29. The molecule has 0 atom stereocenters. The predicted octanol–water partition coefficient (Wildman–Crippen LogP) is 1.36. The summed E-state index contributed by atoms with van der Waals surface area (Å²) in [5.41, 5.74) is 6.35. The monoisotopic (exact) mass is 320 g/mol. The molecule has 2 aromatic rings. The molecule has 4 N–H and O–H groups in total. The topological polar surface area (TPSA) is 79.1 Å². The highest BCUT2D eigenvalue weighted by atomic mass is 19.2. The molecule has 0 spiro atoms. The average Bonchev–Trinajstić information content (AvgIpc) is 2.47. The Labute approximate surface area is 132 Å². The fourth-order valence-corrected chi connectivity index (χ4v) is 2.40. The van der Waals surface area contributed by atoms with Crippen molar-refractivity contribution in [2.75, 3.05) is 36.1 Å². The van der Waals surface area contributed by atoms with Crippen LogP contribution in [0.4, 0.5) is 26.4 Å². The van der Waals surface area contributed by atoms with E-state index in [9.17, 15) is 8.78 Å². The second kappa shape index (κ2) is 6.33. The van der Waals surface area contributed by atoms with Crippen LogP contribution in [0.25, 0.3) is 0 Å². The van der Waals surface area contributed by atoms with Crippen LogP contribution in [0.2, 0.25) is 0 Å². The van der Waals surface area contributed by atoms with E-state index in [0.717, 1.165) is 31.0 Å². The van der Waals surface area contributed by atoms with Gasteiger partial charge in [0.15, 0.2) is 11.6 Å². The molecule has 6 nitrogen and oxygen atoms in total. The Morgan fingerprint density at radius 1 is 1.22 bits per heavy atom. The van der Waals surface area contributed by atoms with Gasteiger partial charge in [-0.2, -0.15) is 9.97 Å². The highest BCUT2D eigenvalue weighted by Crippen LogP contribution is 2.22. The number of hydrogen-bond acceptors (Lipinski definition) is 6. The number of rotatable bonds is 5. The van der Waals surface area contributed by atoms with Crippen molar-refractivity contribution in [2.24, 2.45) is 0 Å². The van der Waals surface area contributed by atoms with Gasteiger partial charge in [-0.1, -0.05) is 6.07 Å². The number of halogens is 2. The Kier molecular flexibility index (Phi) is 4.24. The van der Waals surface area contributed by atoms with Gasteiger partial charge in [0.2, 0.25) is 5.95 Å². The summed E-state index contributed by atoms with van der Waals surface area (Å²) < 4.78 is 26.1. The smallest absolute Gasteiger partial charge is 0.223 e. The SMILES string of the molecule is CNC1CN(c2cc(NCc3ccc(F)c(F)c3)nc(N)n2)C1. The first-order chi connectivity index (χ1) is 11.0. The number of hydrogen-bond donors (Lipinski definition) is 3. The molecular weight excluding hydrogens is 302 g/mol. The average molecular weight is 320 g/mol. The van der Waals surface area contributed by atoms with Crippen LogP contribution < -0.4 is 21.3 Å². The minimum Gasteiger partial charge on any atom is -0.368 e. The maximum absolute atomic E-state index is 13.2. The Bertz CT molecular complexity index is 702. The fraction of sp³-hybridized carbons (Fsp3) is 0.333. The second-order valence-corrected chi connectivity index (χ2v) is 5.46. The van der Waals surface area contributed by atoms with Crippen molar-refractivity contribution in [3.8, 4) is 0 Å². The Hall–Kier alpha value is -2.48. The molecular formula is C15H18F2N6. The molecule has 0 radical (unpaired) electrons. The summed E-state index contributed by atoms with van der Waals surface area (Å²) in [7, 11) is 1.92. The van der Waals surface area contributed by atoms with Crippen LogP contribution in [0.1, 0.15) is 5.56 Å². The summed E-state index contributed by atoms with van der Waals surface area (Å²) in [5.74, 6) is -0.268. The van der Waals surface area contributed by atoms with Crippen molar-refractivity contribution in [1.29, 1.82) is 0 Å². The maximum Gasteiger partial charge on any atom is 0.223 e. The van der Waals surface area contributed by atoms with Crippen LogP contribution >= 0.6 is 0 Å². The summed E-state index contributed by atoms with van der Waals surface area (Å²) in [5, 5.41) is 6.24. The van der Waals surface area contributed by atoms with E-state index in [-0.39, 0.29) is 5.95 Å². The van der Waals surface area contributed by atoms with Crippen molar-refractivity contribution in [2.45, 2.75) is 12.6 Å². The maximum atomic E-state index is 13.2. The van der Waals surface area contributed by atoms with Crippen LogP contribution in [-0.4, -0.2) is 36.1 Å². The number of likely N-dealkylation sites (N-methyl/N-ethyl adjacent to an activating group) is 1. The van der Waals surface area contributed by atoms with E-state index in [1.54, 1.807) is 6.07 Å². The third-order valence-corrected chi connectivity index (χ3v) is 3.80. The Morgan fingerprint density at radius 2 is 2.00 bits per heavy atom. The molecule has 0 saturated carbocycles. The van der Waals surface area contributed by atoms with Gasteiger partial charge >= 0.3 is 0 Å². The van der Waals surface area contributed by atoms with Crippen molar-refractivity contribution in [3.05, 3.63) is 41.5 Å². The normalized spacial score (nSPS) is 14.7. The minimum atomic E-state index is -0.870. The molecule has 1 aliphatic heterocycles. The number of anilines is 3. The molecule has 23 heavy (non-hydrogen) atoms. The summed E-state index contributed by atoms with van der Waals surface area (Å²) in [6, 6.07) is 6.02. The van der Waals surface area contributed by atoms with Crippen molar-refractivity contribution in [3.63, 3.8) is 0 Å². The number of aromatic nitrogens is 2. The standard InChI is InChI=1S/C15H18F2N6/c1-19-10-7-23(8-10)14-5-13(21-15(18)22-14)20-6-9-2-3-11(16)12(17)4-9/h2-5,10,19H,6-8H2,1H3,(H3,18,20,21,22). The lowest BCUT2D eigenvalue weighted by Crippen LogP contribution is -2.57. The van der Waals surface area contributed by atoms with Gasteiger partial charge in [-0.05, 0) is 24.7 Å². The molecule has 0 amide bonds. The lowest BCUT2D eigenvalue weighted by atomic mass is 10.1. The van der Waals surface area contributed by atoms with Crippen molar-refractivity contribution < 1.29 is 8.78 Å². The van der Waals surface area contributed by atoms with Gasteiger partial charge in [-0.3, -0.25) is 0 Å². The molecule has 122 valence electrons. The lowest BCUT2D eigenvalue weighted by Gasteiger charge is -2.40. The van der Waals surface area contributed by atoms with Crippen LogP contribution in [0.5, 0.6) is 0 Å². The minimum absolute atomic E-state index is 0.170. The van der Waals surface area contributed by atoms with Gasteiger partial charge in [-0.15, -0.1) is 0 Å². The molecule has 1 saturated heterocycles. The zero-order valence-corrected chi connectivity index (χ0v) is 12.7. The van der Waals surface area contributed by atoms with Gasteiger partial charge < -0.3 is 21.3 Å². The largest absolute Gasteiger partial charge is 0.368 e. The summed E-state index contributed by atoms with van der Waals surface area (Å²) >= 11 is 0. The van der Waals surface area contributed by atoms with E-state index >= 15 is 0 Å². The molecule has 8 heteroatoms. The highest BCUT2D eigenvalue weighted by Gasteiger charge is 2.26. The first-order valence-corrected chi connectivity index (χ1v) is 7.29. The number of nitrogens with one attached hydrogen (secondary N) is 2. The van der Waals surface area contributed by atoms with E-state index < -0.39 is 11.6 Å². The van der Waals surface area contributed by atoms with Gasteiger partial charge in [0.25, 0.3) is 0 Å². The van der Waals surface area contributed by atoms with Crippen molar-refractivity contribution in [1.82, 2.24) is 15.3 Å². The highest BCUT2D eigenvalue weighted by molar-refractivity contribution is 5.54. The van der Waals surface area contributed by atoms with E-state index in [0.29, 0.717) is 24.0 Å². The fourth-order valence-electron chi connectivity index (χ4n) is 2.40. The van der Waals surface area contributed by atoms with Crippen molar-refractivity contribution >= 4 is 17.6 Å². The molecule has 0 unspecified atom stereocenters. The summed E-state index contributed by atoms with van der Waals surface area (Å²) in [6.45, 7) is 2.03. The Balaban J connectivity index is 1.68. The molecule has 1 aromatic heterocycles. The third kappa shape index (κ3) is 3.48. The van der Waals surface area contributed by atoms with Crippen LogP contribution in [0.15, 0.2) is 24.3 Å². The molecule has 1 aliphatic rings. The lowest BCUT2D eigenvalue weighted by molar-refractivity contribution is 0.447. The zero-order valence-electron chi connectivity index (χ0n) is 12.7. The Morgan fingerprint density at radius 3 is 2.70 bits per heavy atom. The van der Waals surface area contributed by atoms with Crippen LogP contribution in [-0.2, 0) is 6.54 Å². The first kappa shape index (κ1) is 15.4. The number of nitrogens with zero attached hydrogens (tertiary/aromatic N) is 3. The number of benzene rings is 1. The molecule has 0 bridgehead atoms. The van der Waals surface area contributed by atoms with Gasteiger partial charge in [0.1, 0.15) is 11.6 Å². The molecule has 0 aliphatic carbocycles. The van der Waals surface area contributed by atoms with Crippen LogP contribution in [0.3, 0.4) is 0 Å². The molecule has 3 rings (SSSR count). The molecule has 1 fully saturated rings. The molecule has 2 heterocycles. The summed E-state index contributed by atoms with van der Waals surface area (Å²) in [4.78, 5) is 10.4. The number of nitrogen functional groups attached to an aromatic ring is 1. The van der Waals surface area contributed by atoms with E-state index in [4.69, 9.17) is 5.73 Å². The third-order valence-electron chi connectivity index (χ3n) is 3.80. The molecule has 1 aromatic carbocycles. The van der Waals surface area contributed by atoms with Gasteiger partial charge in [0.05, 0.1) is 0 Å². The second-order valence-electron chi connectivity index (χ2n) is 5.46. The van der Waals surface area contributed by atoms with E-state index in [2.05, 4.69) is 25.5 Å². The number of nitrogens with two attached hydrogens (primary N) is 1. The van der Waals surface area contributed by atoms with E-state index in [1.165, 1.54) is 6.07 Å². The van der Waals surface area contributed by atoms with Crippen LogP contribution in [0, 0.1) is 11.6 Å². The quantitative estimate of drug-likeness (QED) is 0.772. The summed E-state index contributed by atoms with van der Waals surface area (Å²) in [6.07, 6.45) is 0. The predicted molar refractivity (Wildman–Crippen MR) is 85.2 cm³/mol. The van der Waals surface area contributed by atoms with Gasteiger partial charge in [-0.25, -0.2) is 8.78 Å². The van der Waals surface area contributed by atoms with E-state index in [1.807, 2.05) is 7.05 Å².